The Balaban J connectivity index is 1.83. The fourth-order valence-electron chi connectivity index (χ4n) is 11.1. The molecule has 0 radical (unpaired) electrons. The Labute approximate surface area is 293 Å². The fourth-order valence-corrected chi connectivity index (χ4v) is 245. The van der Waals surface area contributed by atoms with Crippen molar-refractivity contribution >= 4 is 73.8 Å². The van der Waals surface area contributed by atoms with Crippen LogP contribution in [0, 0.1) is 0 Å². The summed E-state index contributed by atoms with van der Waals surface area (Å²) >= 11 is 0. The molecule has 0 aromatic heterocycles. The molecule has 7 rings (SSSR count). The Bertz CT molecular complexity index is 1590. The molecule has 0 saturated carbocycles. The fraction of sp³-hybridized carbons (Fsp3) is 0.143. The van der Waals surface area contributed by atoms with Gasteiger partial charge in [0.25, 0.3) is 0 Å². The second-order valence-corrected chi connectivity index (χ2v) is 76.9. The highest BCUT2D eigenvalue weighted by molar-refractivity contribution is 8.20. The predicted octanol–water partition coefficient (Wildman–Crippen LogP) is 6.39. The summed E-state index contributed by atoms with van der Waals surface area (Å²) in [7, 11) is -14.5. The van der Waals surface area contributed by atoms with E-state index in [1.807, 2.05) is 0 Å². The van der Waals surface area contributed by atoms with Gasteiger partial charge in [0.15, 0.2) is 0 Å². The smallest absolute Gasteiger partial charge is 0.0688 e. The summed E-state index contributed by atoms with van der Waals surface area (Å²) in [5.74, 6) is 0. The van der Waals surface area contributed by atoms with Crippen LogP contribution in [0.25, 0.3) is 0 Å². The van der Waals surface area contributed by atoms with Crippen molar-refractivity contribution in [2.75, 3.05) is 0 Å². The van der Waals surface area contributed by atoms with E-state index in [-0.39, 0.29) is 0 Å². The van der Waals surface area contributed by atoms with Gasteiger partial charge in [-0.3, -0.25) is 0 Å². The van der Waals surface area contributed by atoms with E-state index in [1.165, 1.54) is 0 Å². The molecule has 240 valence electrons. The third-order valence-electron chi connectivity index (χ3n) is 14.1. The maximum absolute atomic E-state index is 2.95. The van der Waals surface area contributed by atoms with Gasteiger partial charge in [0.2, 0.25) is 0 Å². The van der Waals surface area contributed by atoms with Gasteiger partial charge in [-0.25, -0.2) is 0 Å². The van der Waals surface area contributed by atoms with E-state index in [0.29, 0.717) is 0 Å². The topological polar surface area (TPSA) is 0 Å². The second-order valence-electron chi connectivity index (χ2n) is 14.9. The first-order chi connectivity index (χ1) is 23.1. The summed E-state index contributed by atoms with van der Waals surface area (Å²) in [6, 6.07) is 72.8. The molecule has 0 atom stereocenters. The van der Waals surface area contributed by atoms with Gasteiger partial charge in [-0.05, 0) is 0 Å². The highest BCUT2D eigenvalue weighted by Gasteiger charge is 2.86. The molecule has 6 aromatic rings. The van der Waals surface area contributed by atoms with Crippen LogP contribution in [0.15, 0.2) is 182 Å². The van der Waals surface area contributed by atoms with Crippen LogP contribution < -0.4 is 31.1 Å². The van der Waals surface area contributed by atoms with Crippen LogP contribution in [-0.4, -0.2) is 42.7 Å². The van der Waals surface area contributed by atoms with E-state index in [0.717, 1.165) is 0 Å². The lowest BCUT2D eigenvalue weighted by Gasteiger charge is -2.76. The van der Waals surface area contributed by atoms with Crippen molar-refractivity contribution in [3.05, 3.63) is 182 Å². The quantitative estimate of drug-likeness (QED) is 0.175. The van der Waals surface area contributed by atoms with Crippen LogP contribution >= 0.6 is 0 Å². The molecule has 6 aromatic carbocycles. The summed E-state index contributed by atoms with van der Waals surface area (Å²) in [4.78, 5) is 0. The zero-order valence-corrected chi connectivity index (χ0v) is 35.3. The molecule has 1 fully saturated rings. The number of rotatable bonds is 6. The zero-order valence-electron chi connectivity index (χ0n) is 29.3. The number of hydrogen-bond donors (Lipinski definition) is 0. The minimum atomic E-state index is -2.42. The molecule has 1 heterocycles. The molecular weight excluding hydrogens is 673 g/mol. The largest absolute Gasteiger partial charge is 0.0773 e. The molecule has 0 spiro atoms. The molecule has 48 heavy (non-hydrogen) atoms. The Hall–Kier alpha value is -3.38. The summed E-state index contributed by atoms with van der Waals surface area (Å²) in [6.45, 7) is 17.7. The number of benzene rings is 6. The third-order valence-corrected chi connectivity index (χ3v) is 149. The highest BCUT2D eigenvalue weighted by atomic mass is 30.2. The van der Waals surface area contributed by atoms with Crippen molar-refractivity contribution in [3.8, 4) is 0 Å². The Morgan fingerprint density at radius 2 is 0.292 bits per heavy atom. The molecule has 0 bridgehead atoms. The maximum Gasteiger partial charge on any atom is 0.0773 e. The molecule has 0 amide bonds. The maximum atomic E-state index is 2.95. The van der Waals surface area contributed by atoms with E-state index >= 15 is 0 Å². The monoisotopic (exact) mass is 720 g/mol. The Kier molecular flexibility index (Phi) is 8.42. The van der Waals surface area contributed by atoms with Gasteiger partial charge in [-0.2, -0.15) is 0 Å². The normalized spacial score (nSPS) is 31.6. The zero-order chi connectivity index (χ0) is 33.7. The molecule has 1 aliphatic rings. The Morgan fingerprint density at radius 1 is 0.188 bits per heavy atom. The van der Waals surface area contributed by atoms with Gasteiger partial charge >= 0.3 is 0 Å². The molecule has 0 nitrogen and oxygen atoms in total. The van der Waals surface area contributed by atoms with Crippen LogP contribution in [0.5, 0.6) is 0 Å². The van der Waals surface area contributed by atoms with Crippen LogP contribution in [0.3, 0.4) is 0 Å². The van der Waals surface area contributed by atoms with Crippen LogP contribution in [0.4, 0.5) is 0 Å². The van der Waals surface area contributed by atoms with Crippen molar-refractivity contribution in [1.29, 1.82) is 0 Å². The van der Waals surface area contributed by atoms with E-state index in [9.17, 15) is 0 Å². The van der Waals surface area contributed by atoms with Gasteiger partial charge in [-0.15, -0.1) is 0 Å². The molecule has 0 N–H and O–H groups in total. The number of hydrogen-bond acceptors (Lipinski definition) is 0. The SMILES string of the molecule is C[Si]1(c2ccccc2)[Si](C)(c2ccccc2)[Si](C)(c2ccccc2)[Si](C)(c2ccccc2)[Si](C)(c2ccccc2)[Si]1(C)c1ccccc1. The minimum absolute atomic E-state index is 1.70. The highest BCUT2D eigenvalue weighted by Crippen LogP contribution is 2.51. The second kappa shape index (κ2) is 12.2. The molecule has 1 aliphatic heterocycles. The van der Waals surface area contributed by atoms with Gasteiger partial charge in [0, 0.05) is 0 Å². The minimum Gasteiger partial charge on any atom is -0.0688 e. The van der Waals surface area contributed by atoms with Crippen LogP contribution in [-0.2, 0) is 0 Å². The van der Waals surface area contributed by atoms with Gasteiger partial charge in [-0.1, -0.05) is 252 Å². The summed E-state index contributed by atoms with van der Waals surface area (Å²) in [5.41, 5.74) is 0. The standard InChI is InChI=1S/C42H48Si6/c1-43(37-25-13-7-14-26-37)44(2,38-27-15-8-16-28-38)46(4,40-31-19-10-20-32-40)48(6,42-35-23-12-24-36-42)47(5,41-33-21-11-22-34-41)45(43,3)39-29-17-9-18-30-39/h7-36H,1-6H3. The van der Waals surface area contributed by atoms with E-state index in [1.54, 1.807) is 31.1 Å². The lowest BCUT2D eigenvalue weighted by atomic mass is 10.4. The van der Waals surface area contributed by atoms with E-state index in [2.05, 4.69) is 221 Å². The van der Waals surface area contributed by atoms with Crippen molar-refractivity contribution in [1.82, 2.24) is 0 Å². The average molecular weight is 721 g/mol. The molecule has 0 aliphatic carbocycles. The summed E-state index contributed by atoms with van der Waals surface area (Å²) in [6.07, 6.45) is 0. The molecular formula is C42H48Si6. The average Bonchev–Trinajstić information content (AvgIpc) is 3.17. The van der Waals surface area contributed by atoms with Crippen molar-refractivity contribution in [2.45, 2.75) is 39.3 Å². The Morgan fingerprint density at radius 3 is 0.396 bits per heavy atom. The summed E-state index contributed by atoms with van der Waals surface area (Å²) < 4.78 is 0. The van der Waals surface area contributed by atoms with Crippen molar-refractivity contribution < 1.29 is 0 Å². The van der Waals surface area contributed by atoms with Gasteiger partial charge < -0.3 is 0 Å². The predicted molar refractivity (Wildman–Crippen MR) is 226 cm³/mol. The third kappa shape index (κ3) is 4.07. The molecule has 0 unspecified atom stereocenters. The van der Waals surface area contributed by atoms with Crippen LogP contribution in [0.2, 0.25) is 39.3 Å². The van der Waals surface area contributed by atoms with Crippen LogP contribution in [0.1, 0.15) is 0 Å². The first-order valence-electron chi connectivity index (χ1n) is 17.5. The van der Waals surface area contributed by atoms with Gasteiger partial charge in [0.05, 0.1) is 42.7 Å². The van der Waals surface area contributed by atoms with Crippen molar-refractivity contribution in [2.24, 2.45) is 0 Å². The lowest BCUT2D eigenvalue weighted by Crippen LogP contribution is -3.14. The summed E-state index contributed by atoms with van der Waals surface area (Å²) in [5, 5.41) is 10.2. The lowest BCUT2D eigenvalue weighted by molar-refractivity contribution is 1.68. The molecule has 1 saturated heterocycles. The first-order valence-corrected chi connectivity index (χ1v) is 38.5. The molecule has 6 heteroatoms. The first kappa shape index (κ1) is 33.1. The van der Waals surface area contributed by atoms with E-state index in [4.69, 9.17) is 0 Å². The van der Waals surface area contributed by atoms with Crippen molar-refractivity contribution in [3.63, 3.8) is 0 Å². The van der Waals surface area contributed by atoms with E-state index < -0.39 is 42.7 Å². The van der Waals surface area contributed by atoms with Gasteiger partial charge in [0.1, 0.15) is 0 Å².